The molecule has 58 heavy (non-hydrogen) atoms. The average Bonchev–Trinajstić information content (AvgIpc) is 3.73. The van der Waals surface area contributed by atoms with Crippen LogP contribution in [-0.2, 0) is 65.7 Å². The molecular formula is C41H44N2O15. The van der Waals surface area contributed by atoms with E-state index in [-0.39, 0.29) is 71.5 Å². The Kier molecular flexibility index (Phi) is 18.8. The molecule has 2 aromatic rings. The zero-order chi connectivity index (χ0) is 42.5. The Morgan fingerprint density at radius 3 is 1.48 bits per heavy atom. The van der Waals surface area contributed by atoms with Gasteiger partial charge in [-0.15, -0.1) is 0 Å². The van der Waals surface area contributed by atoms with Crippen LogP contribution in [0.25, 0.3) is 0 Å². The van der Waals surface area contributed by atoms with E-state index in [4.69, 9.17) is 28.4 Å². The number of allylic oxidation sites excluding steroid dienone is 1. The van der Waals surface area contributed by atoms with Crippen LogP contribution in [0, 0.1) is 0 Å². The van der Waals surface area contributed by atoms with Gasteiger partial charge in [0.2, 0.25) is 0 Å². The zero-order valence-corrected chi connectivity index (χ0v) is 31.5. The molecular weight excluding hydrogens is 760 g/mol. The molecule has 0 fully saturated rings. The normalized spacial score (nSPS) is 13.9. The van der Waals surface area contributed by atoms with Gasteiger partial charge in [0.25, 0.3) is 17.7 Å². The molecule has 308 valence electrons. The molecule has 17 heteroatoms. The van der Waals surface area contributed by atoms with E-state index >= 15 is 0 Å². The van der Waals surface area contributed by atoms with Gasteiger partial charge in [0.05, 0.1) is 12.8 Å². The summed E-state index contributed by atoms with van der Waals surface area (Å²) in [6, 6.07) is 13.5. The van der Waals surface area contributed by atoms with Crippen LogP contribution >= 0.6 is 0 Å². The van der Waals surface area contributed by atoms with Gasteiger partial charge >= 0.3 is 23.9 Å². The van der Waals surface area contributed by atoms with Crippen molar-refractivity contribution in [2.45, 2.75) is 38.3 Å². The zero-order valence-electron chi connectivity index (χ0n) is 31.5. The third kappa shape index (κ3) is 16.5. The van der Waals surface area contributed by atoms with Crippen molar-refractivity contribution in [2.75, 3.05) is 39.5 Å². The molecule has 0 aromatic heterocycles. The Balaban J connectivity index is 0.000000318. The molecule has 2 aliphatic heterocycles. The van der Waals surface area contributed by atoms with Crippen LogP contribution in [0.4, 0.5) is 0 Å². The van der Waals surface area contributed by atoms with Crippen LogP contribution in [0.1, 0.15) is 24.0 Å². The quantitative estimate of drug-likeness (QED) is 0.0752. The lowest BCUT2D eigenvalue weighted by atomic mass is 10.1. The molecule has 0 saturated heterocycles. The van der Waals surface area contributed by atoms with Crippen molar-refractivity contribution in [1.82, 2.24) is 9.80 Å². The highest BCUT2D eigenvalue weighted by Crippen LogP contribution is 2.20. The van der Waals surface area contributed by atoms with Gasteiger partial charge in [0.15, 0.2) is 0 Å². The summed E-state index contributed by atoms with van der Waals surface area (Å²) in [6.07, 6.45) is 5.26. The maximum Gasteiger partial charge on any atom is 0.330 e. The summed E-state index contributed by atoms with van der Waals surface area (Å²) < 4.78 is 30.6. The Morgan fingerprint density at radius 1 is 0.603 bits per heavy atom. The van der Waals surface area contributed by atoms with Gasteiger partial charge in [-0.25, -0.2) is 9.59 Å². The van der Waals surface area contributed by atoms with E-state index in [9.17, 15) is 43.8 Å². The first-order chi connectivity index (χ1) is 27.8. The van der Waals surface area contributed by atoms with Crippen LogP contribution < -0.4 is 9.47 Å². The lowest BCUT2D eigenvalue weighted by Gasteiger charge is -2.16. The van der Waals surface area contributed by atoms with Crippen molar-refractivity contribution in [3.05, 3.63) is 122 Å². The summed E-state index contributed by atoms with van der Waals surface area (Å²) in [6.45, 7) is 9.84. The van der Waals surface area contributed by atoms with Crippen molar-refractivity contribution < 1.29 is 72.2 Å². The fourth-order valence-corrected chi connectivity index (χ4v) is 4.69. The van der Waals surface area contributed by atoms with E-state index in [1.807, 2.05) is 0 Å². The SMILES string of the molecule is C=C1C=CC(=O)N1CCC(=O)OCc1cccc(COC(=O)CCN2C(=O)C=CC2=O)c1.C=CC(=O)OCC(O)COc1cccc(OCC(O)COC(=O)C=C)c1. The second-order valence-corrected chi connectivity index (χ2v) is 12.2. The molecule has 2 unspecified atom stereocenters. The van der Waals surface area contributed by atoms with Gasteiger partial charge in [-0.3, -0.25) is 28.9 Å². The van der Waals surface area contributed by atoms with Crippen molar-refractivity contribution in [1.29, 1.82) is 0 Å². The molecule has 3 amide bonds. The van der Waals surface area contributed by atoms with Crippen LogP contribution in [0.3, 0.4) is 0 Å². The molecule has 0 aliphatic carbocycles. The van der Waals surface area contributed by atoms with Gasteiger partial charge in [-0.05, 0) is 35.4 Å². The number of amides is 3. The van der Waals surface area contributed by atoms with Gasteiger partial charge in [0.1, 0.15) is 63.3 Å². The highest BCUT2D eigenvalue weighted by molar-refractivity contribution is 6.13. The molecule has 2 aromatic carbocycles. The number of aliphatic hydroxyl groups excluding tert-OH is 2. The number of hydrogen-bond donors (Lipinski definition) is 2. The van der Waals surface area contributed by atoms with Crippen LogP contribution in [0.15, 0.2) is 110 Å². The highest BCUT2D eigenvalue weighted by atomic mass is 16.6. The van der Waals surface area contributed by atoms with E-state index in [2.05, 4.69) is 19.7 Å². The molecule has 0 saturated carbocycles. The van der Waals surface area contributed by atoms with Gasteiger partial charge in [-0.2, -0.15) is 0 Å². The summed E-state index contributed by atoms with van der Waals surface area (Å²) in [5.41, 5.74) is 1.96. The Morgan fingerprint density at radius 2 is 1.03 bits per heavy atom. The predicted octanol–water partition coefficient (Wildman–Crippen LogP) is 2.01. The predicted molar refractivity (Wildman–Crippen MR) is 203 cm³/mol. The smallest absolute Gasteiger partial charge is 0.330 e. The molecule has 2 N–H and O–H groups in total. The van der Waals surface area contributed by atoms with Crippen molar-refractivity contribution in [3.8, 4) is 11.5 Å². The van der Waals surface area contributed by atoms with Crippen molar-refractivity contribution in [3.63, 3.8) is 0 Å². The fourth-order valence-electron chi connectivity index (χ4n) is 4.69. The van der Waals surface area contributed by atoms with Crippen molar-refractivity contribution in [2.24, 2.45) is 0 Å². The molecule has 2 atom stereocenters. The molecule has 17 nitrogen and oxygen atoms in total. The van der Waals surface area contributed by atoms with E-state index in [1.54, 1.807) is 54.6 Å². The monoisotopic (exact) mass is 804 g/mol. The molecule has 2 heterocycles. The largest absolute Gasteiger partial charge is 0.491 e. The summed E-state index contributed by atoms with van der Waals surface area (Å²) in [4.78, 5) is 82.6. The van der Waals surface area contributed by atoms with Crippen LogP contribution in [0.2, 0.25) is 0 Å². The fraction of sp³-hybridized carbons (Fsp3) is 0.293. The third-order valence-electron chi connectivity index (χ3n) is 7.66. The maximum atomic E-state index is 12.0. The Bertz CT molecular complexity index is 1740. The summed E-state index contributed by atoms with van der Waals surface area (Å²) in [5, 5.41) is 19.4. The molecule has 2 aliphatic rings. The number of benzene rings is 2. The van der Waals surface area contributed by atoms with Gasteiger partial charge < -0.3 is 43.5 Å². The summed E-state index contributed by atoms with van der Waals surface area (Å²) >= 11 is 0. The number of imide groups is 1. The maximum absolute atomic E-state index is 12.0. The van der Waals surface area contributed by atoms with E-state index in [1.165, 1.54) is 11.0 Å². The minimum Gasteiger partial charge on any atom is -0.491 e. The summed E-state index contributed by atoms with van der Waals surface area (Å²) in [5.74, 6) is -2.50. The number of esters is 4. The van der Waals surface area contributed by atoms with E-state index < -0.39 is 47.9 Å². The van der Waals surface area contributed by atoms with Crippen LogP contribution in [0.5, 0.6) is 11.5 Å². The minimum atomic E-state index is -0.996. The number of nitrogens with zero attached hydrogens (tertiary/aromatic N) is 2. The Hall–Kier alpha value is -6.85. The minimum absolute atomic E-state index is 0.00689. The van der Waals surface area contributed by atoms with Gasteiger partial charge in [-0.1, -0.05) is 44.0 Å². The number of carbonyl (C=O) groups is 7. The van der Waals surface area contributed by atoms with Gasteiger partial charge in [0, 0.05) is 55.2 Å². The number of hydrogen-bond acceptors (Lipinski definition) is 15. The molecule has 0 spiro atoms. The standard InChI is InChI=1S/C23H22N2O7.C18H22O8/c1-16-5-6-19(26)24(16)11-9-22(29)31-14-17-3-2-4-18(13-17)15-32-23(30)10-12-25-20(27)7-8-21(25)28;1-3-17(21)25-11-13(19)9-23-15-6-5-7-16(8-15)24-10-14(20)12-26-18(22)4-2/h2-8,13H,1,9-12,14-15H2;3-8,13-14,19-20H,1-2,9-12H2. The highest BCUT2D eigenvalue weighted by Gasteiger charge is 2.24. The lowest BCUT2D eigenvalue weighted by Crippen LogP contribution is -2.32. The Labute approximate surface area is 334 Å². The second-order valence-electron chi connectivity index (χ2n) is 12.2. The molecule has 0 radical (unpaired) electrons. The number of carbonyl (C=O) groups excluding carboxylic acids is 7. The second kappa shape index (κ2) is 23.9. The first-order valence-electron chi connectivity index (χ1n) is 17.7. The summed E-state index contributed by atoms with van der Waals surface area (Å²) in [7, 11) is 0. The molecule has 4 rings (SSSR count). The topological polar surface area (TPSA) is 222 Å². The average molecular weight is 805 g/mol. The van der Waals surface area contributed by atoms with Crippen LogP contribution in [-0.4, -0.2) is 113 Å². The number of aliphatic hydroxyl groups is 2. The van der Waals surface area contributed by atoms with Crippen molar-refractivity contribution >= 4 is 41.6 Å². The number of ether oxygens (including phenoxy) is 6. The first kappa shape index (κ1) is 45.5. The third-order valence-corrected chi connectivity index (χ3v) is 7.66. The number of rotatable bonds is 22. The first-order valence-corrected chi connectivity index (χ1v) is 17.7. The van der Waals surface area contributed by atoms with E-state index in [0.717, 1.165) is 34.8 Å². The molecule has 0 bridgehead atoms. The van der Waals surface area contributed by atoms with E-state index in [0.29, 0.717) is 22.8 Å². The lowest BCUT2D eigenvalue weighted by molar-refractivity contribution is -0.147.